The number of nitrogens with one attached hydrogen (secondary N) is 2. The second-order valence-electron chi connectivity index (χ2n) is 5.98. The number of rotatable bonds is 7. The van der Waals surface area contributed by atoms with Gasteiger partial charge in [-0.1, -0.05) is 13.8 Å². The van der Waals surface area contributed by atoms with E-state index in [1.165, 1.54) is 0 Å². The summed E-state index contributed by atoms with van der Waals surface area (Å²) in [5.74, 6) is 0.482. The summed E-state index contributed by atoms with van der Waals surface area (Å²) in [6.45, 7) is 8.26. The molecule has 1 saturated carbocycles. The molecule has 1 aliphatic carbocycles. The molecule has 4 nitrogen and oxygen atoms in total. The molecule has 1 fully saturated rings. The van der Waals surface area contributed by atoms with E-state index in [0.29, 0.717) is 18.5 Å². The van der Waals surface area contributed by atoms with Gasteiger partial charge in [0.25, 0.3) is 0 Å². The van der Waals surface area contributed by atoms with E-state index in [4.69, 9.17) is 0 Å². The lowest BCUT2D eigenvalue weighted by Crippen LogP contribution is -2.48. The van der Waals surface area contributed by atoms with Crippen LogP contribution in [0, 0.1) is 5.92 Å². The molecule has 0 aromatic rings. The Kier molecular flexibility index (Phi) is 4.95. The van der Waals surface area contributed by atoms with Crippen molar-refractivity contribution in [2.75, 3.05) is 6.54 Å². The van der Waals surface area contributed by atoms with Crippen LogP contribution in [0.3, 0.4) is 0 Å². The summed E-state index contributed by atoms with van der Waals surface area (Å²) in [5, 5.41) is 16.2. The molecule has 1 amide bonds. The van der Waals surface area contributed by atoms with Crippen molar-refractivity contribution in [3.8, 4) is 0 Å². The summed E-state index contributed by atoms with van der Waals surface area (Å²) in [7, 11) is 0. The zero-order valence-electron chi connectivity index (χ0n) is 11.4. The topological polar surface area (TPSA) is 61.4 Å². The lowest BCUT2D eigenvalue weighted by atomic mass is 9.94. The fourth-order valence-electron chi connectivity index (χ4n) is 1.97. The van der Waals surface area contributed by atoms with Crippen LogP contribution in [0.5, 0.6) is 0 Å². The molecule has 2 atom stereocenters. The van der Waals surface area contributed by atoms with Crippen LogP contribution in [0.4, 0.5) is 0 Å². The number of carbonyl (C=O) groups is 1. The van der Waals surface area contributed by atoms with Crippen LogP contribution in [-0.4, -0.2) is 35.2 Å². The first-order chi connectivity index (χ1) is 7.80. The van der Waals surface area contributed by atoms with E-state index in [0.717, 1.165) is 19.3 Å². The second-order valence-corrected chi connectivity index (χ2v) is 5.98. The number of hydrogen-bond acceptors (Lipinski definition) is 3. The molecule has 0 aromatic heterocycles. The molecule has 0 aliphatic heterocycles. The van der Waals surface area contributed by atoms with Crippen LogP contribution >= 0.6 is 0 Å². The first-order valence-corrected chi connectivity index (χ1v) is 6.56. The standard InChI is InChI=1S/C13H26N2O2/c1-9(2)7-13(4,17)8-14-10(3)12(16)15-11-5-6-11/h9-11,14,17H,5-8H2,1-4H3,(H,15,16). The van der Waals surface area contributed by atoms with Crippen molar-refractivity contribution in [1.29, 1.82) is 0 Å². The van der Waals surface area contributed by atoms with Gasteiger partial charge in [0.05, 0.1) is 11.6 Å². The minimum absolute atomic E-state index is 0.0350. The monoisotopic (exact) mass is 242 g/mol. The average Bonchev–Trinajstić information content (AvgIpc) is 2.96. The van der Waals surface area contributed by atoms with E-state index in [1.807, 2.05) is 13.8 Å². The Morgan fingerprint density at radius 1 is 1.41 bits per heavy atom. The average molecular weight is 242 g/mol. The van der Waals surface area contributed by atoms with Gasteiger partial charge in [-0.2, -0.15) is 0 Å². The van der Waals surface area contributed by atoms with Crippen molar-refractivity contribution < 1.29 is 9.90 Å². The minimum Gasteiger partial charge on any atom is -0.389 e. The van der Waals surface area contributed by atoms with Gasteiger partial charge in [0.2, 0.25) is 5.91 Å². The third kappa shape index (κ3) is 6.03. The van der Waals surface area contributed by atoms with E-state index in [-0.39, 0.29) is 11.9 Å². The van der Waals surface area contributed by atoms with Crippen LogP contribution in [0.15, 0.2) is 0 Å². The van der Waals surface area contributed by atoms with Crippen molar-refractivity contribution in [2.24, 2.45) is 5.92 Å². The Morgan fingerprint density at radius 2 is 2.00 bits per heavy atom. The highest BCUT2D eigenvalue weighted by Gasteiger charge is 2.27. The highest BCUT2D eigenvalue weighted by Crippen LogP contribution is 2.19. The number of aliphatic hydroxyl groups is 1. The van der Waals surface area contributed by atoms with Crippen molar-refractivity contribution >= 4 is 5.91 Å². The summed E-state index contributed by atoms with van der Waals surface area (Å²) >= 11 is 0. The SMILES string of the molecule is CC(C)CC(C)(O)CNC(C)C(=O)NC1CC1. The number of amides is 1. The van der Waals surface area contributed by atoms with Gasteiger partial charge in [0.1, 0.15) is 0 Å². The van der Waals surface area contributed by atoms with E-state index in [2.05, 4.69) is 24.5 Å². The van der Waals surface area contributed by atoms with Gasteiger partial charge in [0.15, 0.2) is 0 Å². The van der Waals surface area contributed by atoms with E-state index in [1.54, 1.807) is 0 Å². The largest absolute Gasteiger partial charge is 0.389 e. The maximum absolute atomic E-state index is 11.7. The van der Waals surface area contributed by atoms with Crippen LogP contribution in [-0.2, 0) is 4.79 Å². The Bertz CT molecular complexity index is 260. The Hall–Kier alpha value is -0.610. The summed E-state index contributed by atoms with van der Waals surface area (Å²) in [5.41, 5.74) is -0.748. The highest BCUT2D eigenvalue weighted by molar-refractivity contribution is 5.81. The van der Waals surface area contributed by atoms with E-state index in [9.17, 15) is 9.90 Å². The Labute approximate surface area is 104 Å². The van der Waals surface area contributed by atoms with Gasteiger partial charge in [-0.15, -0.1) is 0 Å². The summed E-state index contributed by atoms with van der Waals surface area (Å²) in [6.07, 6.45) is 2.93. The van der Waals surface area contributed by atoms with Crippen molar-refractivity contribution in [3.63, 3.8) is 0 Å². The zero-order chi connectivity index (χ0) is 13.1. The molecule has 17 heavy (non-hydrogen) atoms. The predicted octanol–water partition coefficient (Wildman–Crippen LogP) is 1.04. The lowest BCUT2D eigenvalue weighted by molar-refractivity contribution is -0.123. The quantitative estimate of drug-likeness (QED) is 0.625. The molecule has 3 N–H and O–H groups in total. The molecule has 0 heterocycles. The van der Waals surface area contributed by atoms with E-state index >= 15 is 0 Å². The van der Waals surface area contributed by atoms with Crippen molar-refractivity contribution in [2.45, 2.75) is 64.6 Å². The van der Waals surface area contributed by atoms with Crippen LogP contribution in [0.25, 0.3) is 0 Å². The maximum atomic E-state index is 11.7. The first kappa shape index (κ1) is 14.5. The molecule has 0 saturated heterocycles. The van der Waals surface area contributed by atoms with E-state index < -0.39 is 5.60 Å². The van der Waals surface area contributed by atoms with Gasteiger partial charge in [-0.05, 0) is 39.0 Å². The Balaban J connectivity index is 2.25. The molecule has 0 spiro atoms. The fourth-order valence-corrected chi connectivity index (χ4v) is 1.97. The normalized spacial score (nSPS) is 21.1. The fraction of sp³-hybridized carbons (Fsp3) is 0.923. The van der Waals surface area contributed by atoms with Crippen molar-refractivity contribution in [1.82, 2.24) is 10.6 Å². The molecule has 4 heteroatoms. The van der Waals surface area contributed by atoms with Crippen LogP contribution < -0.4 is 10.6 Å². The van der Waals surface area contributed by atoms with Crippen LogP contribution in [0.2, 0.25) is 0 Å². The zero-order valence-corrected chi connectivity index (χ0v) is 11.4. The van der Waals surface area contributed by atoms with Gasteiger partial charge < -0.3 is 15.7 Å². The second kappa shape index (κ2) is 5.83. The molecule has 2 unspecified atom stereocenters. The molecule has 1 rings (SSSR count). The van der Waals surface area contributed by atoms with Gasteiger partial charge >= 0.3 is 0 Å². The molecular weight excluding hydrogens is 216 g/mol. The van der Waals surface area contributed by atoms with Gasteiger partial charge in [0, 0.05) is 12.6 Å². The highest BCUT2D eigenvalue weighted by atomic mass is 16.3. The third-order valence-electron chi connectivity index (χ3n) is 2.95. The molecular formula is C13H26N2O2. The summed E-state index contributed by atoms with van der Waals surface area (Å²) in [4.78, 5) is 11.7. The summed E-state index contributed by atoms with van der Waals surface area (Å²) < 4.78 is 0. The molecule has 100 valence electrons. The predicted molar refractivity (Wildman–Crippen MR) is 68.7 cm³/mol. The maximum Gasteiger partial charge on any atom is 0.237 e. The van der Waals surface area contributed by atoms with Gasteiger partial charge in [-0.3, -0.25) is 4.79 Å². The Morgan fingerprint density at radius 3 is 2.47 bits per heavy atom. The summed E-state index contributed by atoms with van der Waals surface area (Å²) in [6, 6.07) is 0.150. The van der Waals surface area contributed by atoms with Crippen LogP contribution in [0.1, 0.15) is 47.0 Å². The number of hydrogen-bond donors (Lipinski definition) is 3. The molecule has 0 bridgehead atoms. The molecule has 0 radical (unpaired) electrons. The van der Waals surface area contributed by atoms with Crippen molar-refractivity contribution in [3.05, 3.63) is 0 Å². The molecule has 0 aromatic carbocycles. The van der Waals surface area contributed by atoms with Gasteiger partial charge in [-0.25, -0.2) is 0 Å². The minimum atomic E-state index is -0.748. The third-order valence-corrected chi connectivity index (χ3v) is 2.95. The first-order valence-electron chi connectivity index (χ1n) is 6.56. The lowest BCUT2D eigenvalue weighted by Gasteiger charge is -2.27. The number of carbonyl (C=O) groups excluding carboxylic acids is 1. The molecule has 1 aliphatic rings. The smallest absolute Gasteiger partial charge is 0.237 e.